The minimum Gasteiger partial charge on any atom is -0.477 e. The predicted octanol–water partition coefficient (Wildman–Crippen LogP) is 3.91. The van der Waals surface area contributed by atoms with Gasteiger partial charge in [-0.2, -0.15) is 0 Å². The fraction of sp³-hybridized carbons (Fsp3) is 0.0769. The molecule has 0 aliphatic carbocycles. The van der Waals surface area contributed by atoms with E-state index in [1.54, 1.807) is 19.1 Å². The molecule has 0 aliphatic heterocycles. The molecular formula is C13H9BrFNO3S. The number of carbonyl (C=O) groups is 2. The molecule has 2 aromatic rings. The fourth-order valence-corrected chi connectivity index (χ4v) is 2.89. The van der Waals surface area contributed by atoms with Crippen molar-refractivity contribution >= 4 is 44.1 Å². The first kappa shape index (κ1) is 14.7. The molecule has 0 saturated carbocycles. The number of aromatic carboxylic acids is 1. The van der Waals surface area contributed by atoms with E-state index in [1.807, 2.05) is 0 Å². The maximum atomic E-state index is 13.8. The van der Waals surface area contributed by atoms with Crippen LogP contribution in [0.25, 0.3) is 0 Å². The van der Waals surface area contributed by atoms with Crippen molar-refractivity contribution in [2.24, 2.45) is 0 Å². The molecule has 104 valence electrons. The Morgan fingerprint density at radius 1 is 1.40 bits per heavy atom. The zero-order chi connectivity index (χ0) is 14.9. The number of nitrogens with one attached hydrogen (secondary N) is 1. The summed E-state index contributed by atoms with van der Waals surface area (Å²) in [6, 6.07) is 5.93. The van der Waals surface area contributed by atoms with Crippen molar-refractivity contribution in [3.05, 3.63) is 50.6 Å². The standard InChI is InChI=1S/C13H9BrFNO3S/c1-6-5-9(20-11(6)13(18)19)16-12(17)7-3-2-4-8(14)10(7)15/h2-5H,1H3,(H,16,17)(H,18,19). The molecule has 1 aromatic heterocycles. The first-order valence-corrected chi connectivity index (χ1v) is 7.10. The summed E-state index contributed by atoms with van der Waals surface area (Å²) in [4.78, 5) is 23.0. The third-order valence-electron chi connectivity index (χ3n) is 2.54. The third-order valence-corrected chi connectivity index (χ3v) is 4.30. The molecule has 2 N–H and O–H groups in total. The molecule has 1 amide bonds. The first-order chi connectivity index (χ1) is 9.40. The fourth-order valence-electron chi connectivity index (χ4n) is 1.61. The number of anilines is 1. The Kier molecular flexibility index (Phi) is 4.20. The zero-order valence-electron chi connectivity index (χ0n) is 10.2. The molecule has 0 spiro atoms. The lowest BCUT2D eigenvalue weighted by Crippen LogP contribution is -2.13. The summed E-state index contributed by atoms with van der Waals surface area (Å²) in [5.74, 6) is -2.33. The highest BCUT2D eigenvalue weighted by Gasteiger charge is 2.17. The number of thiophene rings is 1. The smallest absolute Gasteiger partial charge is 0.346 e. The molecule has 0 fully saturated rings. The number of hydrogen-bond donors (Lipinski definition) is 2. The van der Waals surface area contributed by atoms with Gasteiger partial charge in [-0.15, -0.1) is 11.3 Å². The Hall–Kier alpha value is -1.73. The Morgan fingerprint density at radius 3 is 2.70 bits per heavy atom. The van der Waals surface area contributed by atoms with Crippen molar-refractivity contribution in [3.63, 3.8) is 0 Å². The Bertz CT molecular complexity index is 699. The van der Waals surface area contributed by atoms with E-state index < -0.39 is 17.7 Å². The van der Waals surface area contributed by atoms with Crippen molar-refractivity contribution in [1.82, 2.24) is 0 Å². The van der Waals surface area contributed by atoms with E-state index in [4.69, 9.17) is 5.11 Å². The molecule has 0 aliphatic rings. The number of hydrogen-bond acceptors (Lipinski definition) is 3. The van der Waals surface area contributed by atoms with Gasteiger partial charge in [0.05, 0.1) is 15.0 Å². The average Bonchev–Trinajstić information content (AvgIpc) is 2.73. The van der Waals surface area contributed by atoms with Crippen LogP contribution >= 0.6 is 27.3 Å². The number of halogens is 2. The molecule has 0 bridgehead atoms. The van der Waals surface area contributed by atoms with Crippen LogP contribution in [0.5, 0.6) is 0 Å². The summed E-state index contributed by atoms with van der Waals surface area (Å²) < 4.78 is 14.0. The van der Waals surface area contributed by atoms with E-state index in [2.05, 4.69) is 21.2 Å². The molecule has 4 nitrogen and oxygen atoms in total. The van der Waals surface area contributed by atoms with Crippen molar-refractivity contribution in [3.8, 4) is 0 Å². The van der Waals surface area contributed by atoms with E-state index in [9.17, 15) is 14.0 Å². The SMILES string of the molecule is Cc1cc(NC(=O)c2cccc(Br)c2F)sc1C(=O)O. The molecule has 2 rings (SSSR count). The number of carboxylic acids is 1. The zero-order valence-corrected chi connectivity index (χ0v) is 12.6. The van der Waals surface area contributed by atoms with Gasteiger partial charge in [0.1, 0.15) is 10.7 Å². The van der Waals surface area contributed by atoms with Crippen LogP contribution in [-0.4, -0.2) is 17.0 Å². The van der Waals surface area contributed by atoms with E-state index in [0.29, 0.717) is 10.6 Å². The second kappa shape index (κ2) is 5.72. The van der Waals surface area contributed by atoms with Crippen LogP contribution in [0.1, 0.15) is 25.6 Å². The lowest BCUT2D eigenvalue weighted by molar-refractivity contribution is 0.0701. The lowest BCUT2D eigenvalue weighted by Gasteiger charge is -2.04. The van der Waals surface area contributed by atoms with Crippen molar-refractivity contribution in [1.29, 1.82) is 0 Å². The second-order valence-corrected chi connectivity index (χ2v) is 5.89. The highest BCUT2D eigenvalue weighted by Crippen LogP contribution is 2.27. The maximum absolute atomic E-state index is 13.8. The summed E-state index contributed by atoms with van der Waals surface area (Å²) in [6.07, 6.45) is 0. The van der Waals surface area contributed by atoms with E-state index >= 15 is 0 Å². The number of benzene rings is 1. The molecule has 0 radical (unpaired) electrons. The monoisotopic (exact) mass is 357 g/mol. The minimum absolute atomic E-state index is 0.109. The molecule has 1 heterocycles. The van der Waals surface area contributed by atoms with Crippen LogP contribution < -0.4 is 5.32 Å². The van der Waals surface area contributed by atoms with Crippen LogP contribution in [0, 0.1) is 12.7 Å². The van der Waals surface area contributed by atoms with Crippen LogP contribution in [0.3, 0.4) is 0 Å². The number of carbonyl (C=O) groups excluding carboxylic acids is 1. The summed E-state index contributed by atoms with van der Waals surface area (Å²) in [6.45, 7) is 1.63. The largest absolute Gasteiger partial charge is 0.477 e. The van der Waals surface area contributed by atoms with Gasteiger partial charge in [0.25, 0.3) is 5.91 Å². The number of aryl methyl sites for hydroxylation is 1. The highest BCUT2D eigenvalue weighted by atomic mass is 79.9. The Morgan fingerprint density at radius 2 is 2.10 bits per heavy atom. The molecular weight excluding hydrogens is 349 g/mol. The predicted molar refractivity (Wildman–Crippen MR) is 78.1 cm³/mol. The molecule has 20 heavy (non-hydrogen) atoms. The molecule has 0 atom stereocenters. The van der Waals surface area contributed by atoms with Gasteiger partial charge in [0.15, 0.2) is 0 Å². The lowest BCUT2D eigenvalue weighted by atomic mass is 10.2. The maximum Gasteiger partial charge on any atom is 0.346 e. The quantitative estimate of drug-likeness (QED) is 0.874. The number of amides is 1. The molecule has 0 saturated heterocycles. The van der Waals surface area contributed by atoms with Crippen LogP contribution in [-0.2, 0) is 0 Å². The van der Waals surface area contributed by atoms with Gasteiger partial charge in [-0.1, -0.05) is 6.07 Å². The van der Waals surface area contributed by atoms with Crippen LogP contribution in [0.2, 0.25) is 0 Å². The average molecular weight is 358 g/mol. The highest BCUT2D eigenvalue weighted by molar-refractivity contribution is 9.10. The first-order valence-electron chi connectivity index (χ1n) is 5.49. The molecule has 1 aromatic carbocycles. The van der Waals surface area contributed by atoms with Crippen molar-refractivity contribution in [2.75, 3.05) is 5.32 Å². The second-order valence-electron chi connectivity index (χ2n) is 3.98. The molecule has 7 heteroatoms. The topological polar surface area (TPSA) is 66.4 Å². The van der Waals surface area contributed by atoms with Crippen LogP contribution in [0.15, 0.2) is 28.7 Å². The minimum atomic E-state index is -1.05. The van der Waals surface area contributed by atoms with Crippen LogP contribution in [0.4, 0.5) is 9.39 Å². The van der Waals surface area contributed by atoms with Gasteiger partial charge in [-0.25, -0.2) is 9.18 Å². The Labute approximate surface area is 126 Å². The summed E-state index contributed by atoms with van der Waals surface area (Å²) >= 11 is 3.94. The normalized spacial score (nSPS) is 10.3. The van der Waals surface area contributed by atoms with Crippen molar-refractivity contribution in [2.45, 2.75) is 6.92 Å². The molecule has 0 unspecified atom stereocenters. The van der Waals surface area contributed by atoms with Gasteiger partial charge in [-0.3, -0.25) is 4.79 Å². The van der Waals surface area contributed by atoms with Gasteiger partial charge in [-0.05, 0) is 46.6 Å². The van der Waals surface area contributed by atoms with E-state index in [0.717, 1.165) is 11.3 Å². The van der Waals surface area contributed by atoms with Crippen molar-refractivity contribution < 1.29 is 19.1 Å². The number of carboxylic acid groups (broad SMARTS) is 1. The van der Waals surface area contributed by atoms with Gasteiger partial charge < -0.3 is 10.4 Å². The van der Waals surface area contributed by atoms with Gasteiger partial charge in [0, 0.05) is 0 Å². The number of rotatable bonds is 3. The Balaban J connectivity index is 2.26. The third kappa shape index (κ3) is 2.88. The summed E-state index contributed by atoms with van der Waals surface area (Å²) in [5.41, 5.74) is 0.440. The van der Waals surface area contributed by atoms with E-state index in [1.165, 1.54) is 12.1 Å². The van der Waals surface area contributed by atoms with Gasteiger partial charge in [0.2, 0.25) is 0 Å². The summed E-state index contributed by atoms with van der Waals surface area (Å²) in [5, 5.41) is 11.8. The van der Waals surface area contributed by atoms with E-state index in [-0.39, 0.29) is 14.9 Å². The summed E-state index contributed by atoms with van der Waals surface area (Å²) in [7, 11) is 0. The van der Waals surface area contributed by atoms with Gasteiger partial charge >= 0.3 is 5.97 Å².